The Kier molecular flexibility index (Phi) is 3.11. The Morgan fingerprint density at radius 1 is 1.47 bits per heavy atom. The van der Waals surface area contributed by atoms with Crippen LogP contribution in [0.5, 0.6) is 5.75 Å². The summed E-state index contributed by atoms with van der Waals surface area (Å²) in [5.41, 5.74) is 6.86. The van der Waals surface area contributed by atoms with Crippen LogP contribution < -0.4 is 15.8 Å². The van der Waals surface area contributed by atoms with Crippen molar-refractivity contribution in [3.05, 3.63) is 24.3 Å². The second-order valence-electron chi connectivity index (χ2n) is 4.21. The van der Waals surface area contributed by atoms with E-state index >= 15 is 0 Å². The van der Waals surface area contributed by atoms with Crippen LogP contribution in [0.3, 0.4) is 0 Å². The van der Waals surface area contributed by atoms with Crippen LogP contribution in [0.2, 0.25) is 0 Å². The van der Waals surface area contributed by atoms with Crippen molar-refractivity contribution in [1.29, 1.82) is 0 Å². The van der Waals surface area contributed by atoms with E-state index in [0.29, 0.717) is 6.04 Å². The van der Waals surface area contributed by atoms with Crippen LogP contribution in [-0.2, 0) is 0 Å². The SMILES string of the molecule is COc1cccc(NCC2CC(N)C2)c1. The van der Waals surface area contributed by atoms with Gasteiger partial charge in [-0.05, 0) is 30.9 Å². The van der Waals surface area contributed by atoms with Crippen LogP contribution in [0.15, 0.2) is 24.3 Å². The van der Waals surface area contributed by atoms with Gasteiger partial charge >= 0.3 is 0 Å². The lowest BCUT2D eigenvalue weighted by Crippen LogP contribution is -2.39. The second kappa shape index (κ2) is 4.53. The van der Waals surface area contributed by atoms with Crippen LogP contribution in [-0.4, -0.2) is 19.7 Å². The Bertz CT molecular complexity index is 321. The first-order valence-electron chi connectivity index (χ1n) is 5.41. The van der Waals surface area contributed by atoms with E-state index in [0.717, 1.165) is 36.7 Å². The number of anilines is 1. The van der Waals surface area contributed by atoms with Gasteiger partial charge in [-0.3, -0.25) is 0 Å². The smallest absolute Gasteiger partial charge is 0.120 e. The number of rotatable bonds is 4. The lowest BCUT2D eigenvalue weighted by molar-refractivity contribution is 0.280. The van der Waals surface area contributed by atoms with E-state index in [2.05, 4.69) is 11.4 Å². The summed E-state index contributed by atoms with van der Waals surface area (Å²) in [5.74, 6) is 1.64. The molecule has 0 bridgehead atoms. The highest BCUT2D eigenvalue weighted by Gasteiger charge is 2.25. The molecule has 1 aromatic carbocycles. The van der Waals surface area contributed by atoms with Crippen molar-refractivity contribution in [2.24, 2.45) is 11.7 Å². The van der Waals surface area contributed by atoms with E-state index < -0.39 is 0 Å². The fraction of sp³-hybridized carbons (Fsp3) is 0.500. The predicted molar refractivity (Wildman–Crippen MR) is 62.2 cm³/mol. The molecule has 0 saturated heterocycles. The Hall–Kier alpha value is -1.22. The zero-order chi connectivity index (χ0) is 10.7. The van der Waals surface area contributed by atoms with Crippen LogP contribution in [0.4, 0.5) is 5.69 Å². The number of methoxy groups -OCH3 is 1. The third-order valence-electron chi connectivity index (χ3n) is 2.94. The van der Waals surface area contributed by atoms with E-state index in [-0.39, 0.29) is 0 Å². The Morgan fingerprint density at radius 3 is 2.93 bits per heavy atom. The van der Waals surface area contributed by atoms with Crippen molar-refractivity contribution in [3.8, 4) is 5.75 Å². The molecule has 1 aliphatic carbocycles. The Balaban J connectivity index is 1.82. The summed E-state index contributed by atoms with van der Waals surface area (Å²) in [4.78, 5) is 0. The minimum absolute atomic E-state index is 0.433. The highest BCUT2D eigenvalue weighted by atomic mass is 16.5. The van der Waals surface area contributed by atoms with E-state index in [1.54, 1.807) is 7.11 Å². The number of nitrogens with two attached hydrogens (primary N) is 1. The summed E-state index contributed by atoms with van der Waals surface area (Å²) in [6.45, 7) is 1.01. The van der Waals surface area contributed by atoms with E-state index in [4.69, 9.17) is 10.5 Å². The molecule has 1 aliphatic rings. The minimum Gasteiger partial charge on any atom is -0.497 e. The molecule has 15 heavy (non-hydrogen) atoms. The summed E-state index contributed by atoms with van der Waals surface area (Å²) < 4.78 is 5.16. The Labute approximate surface area is 90.6 Å². The lowest BCUT2D eigenvalue weighted by atomic mass is 9.81. The average Bonchev–Trinajstić information content (AvgIpc) is 2.23. The standard InChI is InChI=1S/C12H18N2O/c1-15-12-4-2-3-11(7-12)14-8-9-5-10(13)6-9/h2-4,7,9-10,14H,5-6,8,13H2,1H3. The van der Waals surface area contributed by atoms with Crippen molar-refractivity contribution >= 4 is 5.69 Å². The summed E-state index contributed by atoms with van der Waals surface area (Å²) >= 11 is 0. The summed E-state index contributed by atoms with van der Waals surface area (Å²) in [6.07, 6.45) is 2.30. The molecule has 1 aromatic rings. The highest BCUT2D eigenvalue weighted by molar-refractivity contribution is 5.48. The minimum atomic E-state index is 0.433. The number of hydrogen-bond donors (Lipinski definition) is 2. The zero-order valence-electron chi connectivity index (χ0n) is 9.07. The molecular weight excluding hydrogens is 188 g/mol. The topological polar surface area (TPSA) is 47.3 Å². The molecular formula is C12H18N2O. The average molecular weight is 206 g/mol. The van der Waals surface area contributed by atoms with Gasteiger partial charge in [0, 0.05) is 24.3 Å². The number of benzene rings is 1. The van der Waals surface area contributed by atoms with Crippen LogP contribution in [0.1, 0.15) is 12.8 Å². The summed E-state index contributed by atoms with van der Waals surface area (Å²) in [5, 5.41) is 3.41. The van der Waals surface area contributed by atoms with Crippen molar-refractivity contribution in [3.63, 3.8) is 0 Å². The molecule has 0 amide bonds. The summed E-state index contributed by atoms with van der Waals surface area (Å²) in [7, 11) is 1.68. The Morgan fingerprint density at radius 2 is 2.27 bits per heavy atom. The van der Waals surface area contributed by atoms with Gasteiger partial charge in [0.15, 0.2) is 0 Å². The quantitative estimate of drug-likeness (QED) is 0.790. The molecule has 0 aromatic heterocycles. The first kappa shape index (κ1) is 10.3. The maximum atomic E-state index is 5.74. The number of hydrogen-bond acceptors (Lipinski definition) is 3. The van der Waals surface area contributed by atoms with Crippen molar-refractivity contribution < 1.29 is 4.74 Å². The van der Waals surface area contributed by atoms with Crippen molar-refractivity contribution in [2.75, 3.05) is 19.0 Å². The van der Waals surface area contributed by atoms with Gasteiger partial charge in [0.25, 0.3) is 0 Å². The molecule has 3 heteroatoms. The van der Waals surface area contributed by atoms with Gasteiger partial charge in [-0.2, -0.15) is 0 Å². The normalized spacial score (nSPS) is 24.4. The number of ether oxygens (including phenoxy) is 1. The third-order valence-corrected chi connectivity index (χ3v) is 2.94. The van der Waals surface area contributed by atoms with Crippen molar-refractivity contribution in [1.82, 2.24) is 0 Å². The van der Waals surface area contributed by atoms with Crippen LogP contribution >= 0.6 is 0 Å². The maximum absolute atomic E-state index is 5.74. The van der Waals surface area contributed by atoms with E-state index in [1.165, 1.54) is 0 Å². The third kappa shape index (κ3) is 2.63. The van der Waals surface area contributed by atoms with Crippen LogP contribution in [0, 0.1) is 5.92 Å². The summed E-state index contributed by atoms with van der Waals surface area (Å²) in [6, 6.07) is 8.44. The van der Waals surface area contributed by atoms with Gasteiger partial charge in [0.05, 0.1) is 7.11 Å². The molecule has 1 fully saturated rings. The van der Waals surface area contributed by atoms with E-state index in [9.17, 15) is 0 Å². The first-order valence-corrected chi connectivity index (χ1v) is 5.41. The lowest BCUT2D eigenvalue weighted by Gasteiger charge is -2.32. The largest absolute Gasteiger partial charge is 0.497 e. The van der Waals surface area contributed by atoms with Crippen LogP contribution in [0.25, 0.3) is 0 Å². The van der Waals surface area contributed by atoms with Gasteiger partial charge in [-0.15, -0.1) is 0 Å². The molecule has 3 N–H and O–H groups in total. The molecule has 0 unspecified atom stereocenters. The maximum Gasteiger partial charge on any atom is 0.120 e. The molecule has 3 nitrogen and oxygen atoms in total. The molecule has 0 heterocycles. The fourth-order valence-corrected chi connectivity index (χ4v) is 1.95. The molecule has 0 atom stereocenters. The molecule has 0 spiro atoms. The van der Waals surface area contributed by atoms with Gasteiger partial charge in [0.2, 0.25) is 0 Å². The second-order valence-corrected chi connectivity index (χ2v) is 4.21. The van der Waals surface area contributed by atoms with Crippen molar-refractivity contribution in [2.45, 2.75) is 18.9 Å². The molecule has 0 aliphatic heterocycles. The monoisotopic (exact) mass is 206 g/mol. The number of nitrogens with one attached hydrogen (secondary N) is 1. The van der Waals surface area contributed by atoms with Gasteiger partial charge in [-0.25, -0.2) is 0 Å². The molecule has 2 rings (SSSR count). The highest BCUT2D eigenvalue weighted by Crippen LogP contribution is 2.26. The molecule has 1 saturated carbocycles. The molecule has 0 radical (unpaired) electrons. The predicted octanol–water partition coefficient (Wildman–Crippen LogP) is 1.84. The van der Waals surface area contributed by atoms with E-state index in [1.807, 2.05) is 18.2 Å². The first-order chi connectivity index (χ1) is 7.28. The zero-order valence-corrected chi connectivity index (χ0v) is 9.07. The van der Waals surface area contributed by atoms with Gasteiger partial charge in [0.1, 0.15) is 5.75 Å². The van der Waals surface area contributed by atoms with Gasteiger partial charge < -0.3 is 15.8 Å². The van der Waals surface area contributed by atoms with Gasteiger partial charge in [-0.1, -0.05) is 6.07 Å². The molecule has 82 valence electrons. The fourth-order valence-electron chi connectivity index (χ4n) is 1.95.